The summed E-state index contributed by atoms with van der Waals surface area (Å²) in [6.07, 6.45) is 9.81. The highest BCUT2D eigenvalue weighted by molar-refractivity contribution is 6.31. The average molecular weight is 241 g/mol. The van der Waals surface area contributed by atoms with E-state index < -0.39 is 0 Å². The normalized spacial score (nSPS) is 12.7. The van der Waals surface area contributed by atoms with Crippen LogP contribution in [0.15, 0.2) is 18.5 Å². The fraction of sp³-hybridized carbons (Fsp3) is 0.615. The summed E-state index contributed by atoms with van der Waals surface area (Å²) in [7, 11) is 1.99. The SMILES string of the molecule is CCCCCCC(NC)c1ccncc1Cl. The number of unbranched alkanes of at least 4 members (excludes halogenated alkanes) is 3. The maximum Gasteiger partial charge on any atom is 0.0637 e. The Morgan fingerprint density at radius 1 is 1.38 bits per heavy atom. The van der Waals surface area contributed by atoms with Crippen LogP contribution in [-0.2, 0) is 0 Å². The maximum atomic E-state index is 6.14. The summed E-state index contributed by atoms with van der Waals surface area (Å²) in [5.74, 6) is 0. The summed E-state index contributed by atoms with van der Waals surface area (Å²) < 4.78 is 0. The number of halogens is 1. The van der Waals surface area contributed by atoms with E-state index in [-0.39, 0.29) is 0 Å². The third-order valence-electron chi connectivity index (χ3n) is 2.87. The van der Waals surface area contributed by atoms with E-state index in [4.69, 9.17) is 11.6 Å². The van der Waals surface area contributed by atoms with Crippen molar-refractivity contribution in [2.24, 2.45) is 0 Å². The molecule has 1 aromatic heterocycles. The Balaban J connectivity index is 2.51. The molecule has 1 N–H and O–H groups in total. The van der Waals surface area contributed by atoms with Gasteiger partial charge in [-0.05, 0) is 25.1 Å². The topological polar surface area (TPSA) is 24.9 Å². The van der Waals surface area contributed by atoms with Crippen LogP contribution in [0.5, 0.6) is 0 Å². The van der Waals surface area contributed by atoms with Crippen molar-refractivity contribution in [1.82, 2.24) is 10.3 Å². The minimum atomic E-state index is 0.354. The number of pyridine rings is 1. The zero-order chi connectivity index (χ0) is 11.8. The van der Waals surface area contributed by atoms with Gasteiger partial charge in [0.15, 0.2) is 0 Å². The van der Waals surface area contributed by atoms with Gasteiger partial charge in [-0.3, -0.25) is 4.98 Å². The summed E-state index contributed by atoms with van der Waals surface area (Å²) in [5, 5.41) is 4.09. The van der Waals surface area contributed by atoms with E-state index >= 15 is 0 Å². The molecule has 0 saturated carbocycles. The predicted octanol–water partition coefficient (Wildman–Crippen LogP) is 3.97. The van der Waals surface area contributed by atoms with Crippen molar-refractivity contribution in [1.29, 1.82) is 0 Å². The van der Waals surface area contributed by atoms with Gasteiger partial charge in [-0.15, -0.1) is 0 Å². The highest BCUT2D eigenvalue weighted by Gasteiger charge is 2.11. The van der Waals surface area contributed by atoms with Crippen molar-refractivity contribution >= 4 is 11.6 Å². The van der Waals surface area contributed by atoms with Crippen LogP contribution in [0.2, 0.25) is 5.02 Å². The molecule has 0 aliphatic rings. The first-order valence-corrected chi connectivity index (χ1v) is 6.44. The number of hydrogen-bond donors (Lipinski definition) is 1. The van der Waals surface area contributed by atoms with Crippen LogP contribution in [0.3, 0.4) is 0 Å². The highest BCUT2D eigenvalue weighted by atomic mass is 35.5. The molecule has 1 heterocycles. The van der Waals surface area contributed by atoms with E-state index in [1.807, 2.05) is 13.1 Å². The van der Waals surface area contributed by atoms with Crippen molar-refractivity contribution in [2.45, 2.75) is 45.1 Å². The fourth-order valence-corrected chi connectivity index (χ4v) is 2.15. The molecule has 1 rings (SSSR count). The summed E-state index contributed by atoms with van der Waals surface area (Å²) in [6, 6.07) is 2.36. The van der Waals surface area contributed by atoms with Gasteiger partial charge < -0.3 is 5.32 Å². The van der Waals surface area contributed by atoms with Crippen LogP contribution in [-0.4, -0.2) is 12.0 Å². The van der Waals surface area contributed by atoms with Crippen LogP contribution >= 0.6 is 11.6 Å². The summed E-state index contributed by atoms with van der Waals surface area (Å²) in [4.78, 5) is 4.01. The van der Waals surface area contributed by atoms with E-state index in [0.717, 1.165) is 17.0 Å². The van der Waals surface area contributed by atoms with Crippen molar-refractivity contribution in [3.8, 4) is 0 Å². The quantitative estimate of drug-likeness (QED) is 0.730. The third-order valence-corrected chi connectivity index (χ3v) is 3.19. The first-order valence-electron chi connectivity index (χ1n) is 6.06. The first kappa shape index (κ1) is 13.5. The van der Waals surface area contributed by atoms with Gasteiger partial charge in [-0.2, -0.15) is 0 Å². The lowest BCUT2D eigenvalue weighted by Gasteiger charge is -2.17. The molecule has 2 nitrogen and oxygen atoms in total. The molecule has 0 saturated heterocycles. The van der Waals surface area contributed by atoms with Crippen molar-refractivity contribution < 1.29 is 0 Å². The van der Waals surface area contributed by atoms with Gasteiger partial charge in [0.2, 0.25) is 0 Å². The highest BCUT2D eigenvalue weighted by Crippen LogP contribution is 2.25. The molecule has 0 aromatic carbocycles. The van der Waals surface area contributed by atoms with Gasteiger partial charge in [0, 0.05) is 18.4 Å². The Labute approximate surface area is 103 Å². The fourth-order valence-electron chi connectivity index (χ4n) is 1.90. The Kier molecular flexibility index (Phi) is 6.43. The number of nitrogens with zero attached hydrogens (tertiary/aromatic N) is 1. The molecule has 3 heteroatoms. The zero-order valence-corrected chi connectivity index (χ0v) is 10.9. The molecule has 0 bridgehead atoms. The average Bonchev–Trinajstić information content (AvgIpc) is 2.31. The molecule has 0 aliphatic carbocycles. The summed E-state index contributed by atoms with van der Waals surface area (Å²) >= 11 is 6.14. The maximum absolute atomic E-state index is 6.14. The lowest BCUT2D eigenvalue weighted by atomic mass is 10.0. The first-order chi connectivity index (χ1) is 7.79. The van der Waals surface area contributed by atoms with Crippen molar-refractivity contribution in [2.75, 3.05) is 7.05 Å². The Bertz CT molecular complexity index is 302. The van der Waals surface area contributed by atoms with Crippen LogP contribution in [0.4, 0.5) is 0 Å². The van der Waals surface area contributed by atoms with Gasteiger partial charge in [0.05, 0.1) is 5.02 Å². The van der Waals surface area contributed by atoms with Crippen molar-refractivity contribution in [3.63, 3.8) is 0 Å². The number of rotatable bonds is 7. The molecule has 0 amide bonds. The smallest absolute Gasteiger partial charge is 0.0637 e. The van der Waals surface area contributed by atoms with Gasteiger partial charge in [0.25, 0.3) is 0 Å². The van der Waals surface area contributed by atoms with Gasteiger partial charge in [0.1, 0.15) is 0 Å². The third kappa shape index (κ3) is 4.11. The van der Waals surface area contributed by atoms with Gasteiger partial charge in [-0.1, -0.05) is 44.2 Å². The largest absolute Gasteiger partial charge is 0.313 e. The molecule has 0 aliphatic heterocycles. The molecular weight excluding hydrogens is 220 g/mol. The molecule has 0 radical (unpaired) electrons. The monoisotopic (exact) mass is 240 g/mol. The van der Waals surface area contributed by atoms with Gasteiger partial charge in [-0.25, -0.2) is 0 Å². The predicted molar refractivity (Wildman–Crippen MR) is 69.8 cm³/mol. The molecule has 0 fully saturated rings. The van der Waals surface area contributed by atoms with E-state index in [0.29, 0.717) is 6.04 Å². The van der Waals surface area contributed by atoms with E-state index in [1.54, 1.807) is 12.4 Å². The summed E-state index contributed by atoms with van der Waals surface area (Å²) in [6.45, 7) is 2.23. The molecule has 1 aromatic rings. The van der Waals surface area contributed by atoms with Crippen molar-refractivity contribution in [3.05, 3.63) is 29.0 Å². The standard InChI is InChI=1S/C13H21ClN2/c1-3-4-5-6-7-13(15-2)11-8-9-16-10-12(11)14/h8-10,13,15H,3-7H2,1-2H3. The Morgan fingerprint density at radius 3 is 2.81 bits per heavy atom. The van der Waals surface area contributed by atoms with E-state index in [1.165, 1.54) is 25.7 Å². The minimum Gasteiger partial charge on any atom is -0.313 e. The lowest BCUT2D eigenvalue weighted by molar-refractivity contribution is 0.505. The van der Waals surface area contributed by atoms with Crippen LogP contribution in [0.1, 0.15) is 50.6 Å². The minimum absolute atomic E-state index is 0.354. The number of hydrogen-bond acceptors (Lipinski definition) is 2. The zero-order valence-electron chi connectivity index (χ0n) is 10.2. The molecule has 1 unspecified atom stereocenters. The lowest BCUT2D eigenvalue weighted by Crippen LogP contribution is -2.16. The molecule has 0 spiro atoms. The second kappa shape index (κ2) is 7.64. The second-order valence-corrected chi connectivity index (χ2v) is 4.49. The molecule has 1 atom stereocenters. The van der Waals surface area contributed by atoms with Gasteiger partial charge >= 0.3 is 0 Å². The van der Waals surface area contributed by atoms with Crippen LogP contribution < -0.4 is 5.32 Å². The van der Waals surface area contributed by atoms with Crippen LogP contribution in [0, 0.1) is 0 Å². The second-order valence-electron chi connectivity index (χ2n) is 4.09. The van der Waals surface area contributed by atoms with E-state index in [9.17, 15) is 0 Å². The number of nitrogens with one attached hydrogen (secondary N) is 1. The van der Waals surface area contributed by atoms with Crippen LogP contribution in [0.25, 0.3) is 0 Å². The number of aromatic nitrogens is 1. The van der Waals surface area contributed by atoms with E-state index in [2.05, 4.69) is 17.2 Å². The molecule has 90 valence electrons. The molecular formula is C13H21ClN2. The molecule has 16 heavy (non-hydrogen) atoms. The Hall–Kier alpha value is -0.600. The Morgan fingerprint density at radius 2 is 2.19 bits per heavy atom. The summed E-state index contributed by atoms with van der Waals surface area (Å²) in [5.41, 5.74) is 1.16.